The molecule has 1 atom stereocenters. The lowest BCUT2D eigenvalue weighted by atomic mass is 9.92. The molecular weight excluding hydrogens is 248 g/mol. The van der Waals surface area contributed by atoms with Crippen molar-refractivity contribution in [1.82, 2.24) is 0 Å². The van der Waals surface area contributed by atoms with Crippen LogP contribution in [0.4, 0.5) is 0 Å². The molecule has 0 saturated heterocycles. The van der Waals surface area contributed by atoms with Gasteiger partial charge in [0.2, 0.25) is 0 Å². The van der Waals surface area contributed by atoms with Gasteiger partial charge in [0.25, 0.3) is 0 Å². The minimum atomic E-state index is 0.0470. The normalized spacial score (nSPS) is 11.7. The van der Waals surface area contributed by atoms with E-state index in [1.54, 1.807) is 31.4 Å². The van der Waals surface area contributed by atoms with Gasteiger partial charge in [0.05, 0.1) is 7.11 Å². The SMILES string of the molecule is C=C[C@H](CC(=O)c1ccc(OC)cc1)c1ccccc1. The van der Waals surface area contributed by atoms with Crippen LogP contribution in [-0.4, -0.2) is 12.9 Å². The van der Waals surface area contributed by atoms with Crippen LogP contribution in [0.15, 0.2) is 67.3 Å². The predicted molar refractivity (Wildman–Crippen MR) is 81.3 cm³/mol. The lowest BCUT2D eigenvalue weighted by Crippen LogP contribution is -2.05. The molecule has 0 aliphatic carbocycles. The van der Waals surface area contributed by atoms with Crippen LogP contribution in [0, 0.1) is 0 Å². The van der Waals surface area contributed by atoms with Crippen LogP contribution in [0.25, 0.3) is 0 Å². The summed E-state index contributed by atoms with van der Waals surface area (Å²) in [6.45, 7) is 3.84. The molecule has 2 nitrogen and oxygen atoms in total. The van der Waals surface area contributed by atoms with Crippen molar-refractivity contribution in [2.75, 3.05) is 7.11 Å². The fraction of sp³-hybridized carbons (Fsp3) is 0.167. The lowest BCUT2D eigenvalue weighted by Gasteiger charge is -2.12. The Kier molecular flexibility index (Phi) is 4.72. The number of carbonyl (C=O) groups excluding carboxylic acids is 1. The molecule has 0 amide bonds. The number of benzene rings is 2. The highest BCUT2D eigenvalue weighted by atomic mass is 16.5. The van der Waals surface area contributed by atoms with Crippen molar-refractivity contribution in [3.63, 3.8) is 0 Å². The van der Waals surface area contributed by atoms with Crippen molar-refractivity contribution in [2.24, 2.45) is 0 Å². The largest absolute Gasteiger partial charge is 0.497 e. The highest BCUT2D eigenvalue weighted by molar-refractivity contribution is 5.96. The highest BCUT2D eigenvalue weighted by Gasteiger charge is 2.14. The molecule has 0 radical (unpaired) electrons. The Morgan fingerprint density at radius 2 is 1.80 bits per heavy atom. The third kappa shape index (κ3) is 3.35. The Balaban J connectivity index is 2.11. The van der Waals surface area contributed by atoms with E-state index in [-0.39, 0.29) is 11.7 Å². The molecule has 0 aromatic heterocycles. The van der Waals surface area contributed by atoms with E-state index in [0.717, 1.165) is 11.3 Å². The standard InChI is InChI=1S/C18H18O2/c1-3-14(15-7-5-4-6-8-15)13-18(19)16-9-11-17(20-2)12-10-16/h3-12,14H,1,13H2,2H3/t14-/m1/s1. The summed E-state index contributed by atoms with van der Waals surface area (Å²) in [5, 5.41) is 0. The first-order valence-corrected chi connectivity index (χ1v) is 6.59. The van der Waals surface area contributed by atoms with Gasteiger partial charge in [-0.15, -0.1) is 6.58 Å². The fourth-order valence-corrected chi connectivity index (χ4v) is 2.13. The van der Waals surface area contributed by atoms with Crippen LogP contribution in [0.5, 0.6) is 5.75 Å². The maximum Gasteiger partial charge on any atom is 0.163 e. The van der Waals surface area contributed by atoms with Gasteiger partial charge in [0.15, 0.2) is 5.78 Å². The third-order valence-corrected chi connectivity index (χ3v) is 3.33. The Bertz CT molecular complexity index is 570. The van der Waals surface area contributed by atoms with Crippen molar-refractivity contribution >= 4 is 5.78 Å². The van der Waals surface area contributed by atoms with Crippen LogP contribution in [0.3, 0.4) is 0 Å². The van der Waals surface area contributed by atoms with Crippen LogP contribution < -0.4 is 4.74 Å². The third-order valence-electron chi connectivity index (χ3n) is 3.33. The monoisotopic (exact) mass is 266 g/mol. The van der Waals surface area contributed by atoms with Gasteiger partial charge in [-0.05, 0) is 29.8 Å². The first-order valence-electron chi connectivity index (χ1n) is 6.59. The summed E-state index contributed by atoms with van der Waals surface area (Å²) in [4.78, 5) is 12.3. The van der Waals surface area contributed by atoms with Gasteiger partial charge >= 0.3 is 0 Å². The Hall–Kier alpha value is -2.35. The second kappa shape index (κ2) is 6.71. The van der Waals surface area contributed by atoms with Crippen LogP contribution in [0.1, 0.15) is 28.3 Å². The lowest BCUT2D eigenvalue weighted by molar-refractivity contribution is 0.0978. The molecule has 2 aromatic carbocycles. The number of ketones is 1. The summed E-state index contributed by atoms with van der Waals surface area (Å²) in [7, 11) is 1.61. The molecule has 0 bridgehead atoms. The van der Waals surface area contributed by atoms with E-state index in [1.807, 2.05) is 36.4 Å². The zero-order valence-corrected chi connectivity index (χ0v) is 11.6. The van der Waals surface area contributed by atoms with Gasteiger partial charge in [-0.1, -0.05) is 36.4 Å². The van der Waals surface area contributed by atoms with E-state index in [2.05, 4.69) is 6.58 Å². The van der Waals surface area contributed by atoms with E-state index in [0.29, 0.717) is 12.0 Å². The summed E-state index contributed by atoms with van der Waals surface area (Å²) in [6.07, 6.45) is 2.26. The average Bonchev–Trinajstić information content (AvgIpc) is 2.53. The van der Waals surface area contributed by atoms with Gasteiger partial charge in [-0.25, -0.2) is 0 Å². The van der Waals surface area contributed by atoms with Gasteiger partial charge in [0, 0.05) is 17.9 Å². The van der Waals surface area contributed by atoms with Gasteiger partial charge < -0.3 is 4.74 Å². The molecule has 0 aliphatic heterocycles. The van der Waals surface area contributed by atoms with Crippen molar-refractivity contribution < 1.29 is 9.53 Å². The zero-order chi connectivity index (χ0) is 14.4. The molecule has 0 saturated carbocycles. The Labute approximate surface area is 119 Å². The molecule has 2 aromatic rings. The van der Waals surface area contributed by atoms with E-state index >= 15 is 0 Å². The molecule has 2 rings (SSSR count). The molecule has 20 heavy (non-hydrogen) atoms. The molecular formula is C18H18O2. The number of Topliss-reactive ketones (excluding diaryl/α,β-unsaturated/α-hetero) is 1. The minimum absolute atomic E-state index is 0.0470. The number of carbonyl (C=O) groups is 1. The maximum atomic E-state index is 12.3. The quantitative estimate of drug-likeness (QED) is 0.577. The van der Waals surface area contributed by atoms with Crippen molar-refractivity contribution in [1.29, 1.82) is 0 Å². The summed E-state index contributed by atoms with van der Waals surface area (Å²) in [5.41, 5.74) is 1.82. The topological polar surface area (TPSA) is 26.3 Å². The number of ether oxygens (including phenoxy) is 1. The summed E-state index contributed by atoms with van der Waals surface area (Å²) in [5.74, 6) is 0.914. The molecule has 0 unspecified atom stereocenters. The highest BCUT2D eigenvalue weighted by Crippen LogP contribution is 2.23. The number of methoxy groups -OCH3 is 1. The summed E-state index contributed by atoms with van der Waals surface area (Å²) < 4.78 is 5.09. The minimum Gasteiger partial charge on any atom is -0.497 e. The maximum absolute atomic E-state index is 12.3. The van der Waals surface area contributed by atoms with Crippen molar-refractivity contribution in [2.45, 2.75) is 12.3 Å². The molecule has 0 heterocycles. The molecule has 2 heteroatoms. The average molecular weight is 266 g/mol. The molecule has 0 fully saturated rings. The molecule has 0 N–H and O–H groups in total. The van der Waals surface area contributed by atoms with Gasteiger partial charge in [-0.2, -0.15) is 0 Å². The molecule has 102 valence electrons. The van der Waals surface area contributed by atoms with E-state index in [1.165, 1.54) is 0 Å². The summed E-state index contributed by atoms with van der Waals surface area (Å²) in [6, 6.07) is 17.2. The second-order valence-corrected chi connectivity index (χ2v) is 4.61. The Morgan fingerprint density at radius 1 is 1.15 bits per heavy atom. The van der Waals surface area contributed by atoms with Crippen molar-refractivity contribution in [3.05, 3.63) is 78.4 Å². The second-order valence-electron chi connectivity index (χ2n) is 4.61. The van der Waals surface area contributed by atoms with Crippen LogP contribution in [-0.2, 0) is 0 Å². The zero-order valence-electron chi connectivity index (χ0n) is 11.6. The fourth-order valence-electron chi connectivity index (χ4n) is 2.13. The molecule has 0 spiro atoms. The first kappa shape index (κ1) is 14.1. The van der Waals surface area contributed by atoms with Gasteiger partial charge in [0.1, 0.15) is 5.75 Å². The van der Waals surface area contributed by atoms with Crippen molar-refractivity contribution in [3.8, 4) is 5.75 Å². The van der Waals surface area contributed by atoms with Crippen LogP contribution >= 0.6 is 0 Å². The number of hydrogen-bond donors (Lipinski definition) is 0. The Morgan fingerprint density at radius 3 is 2.35 bits per heavy atom. The molecule has 0 aliphatic rings. The van der Waals surface area contributed by atoms with E-state index < -0.39 is 0 Å². The predicted octanol–water partition coefficient (Wildman–Crippen LogP) is 4.24. The smallest absolute Gasteiger partial charge is 0.163 e. The van der Waals surface area contributed by atoms with Crippen LogP contribution in [0.2, 0.25) is 0 Å². The first-order chi connectivity index (χ1) is 9.74. The number of rotatable bonds is 6. The van der Waals surface area contributed by atoms with E-state index in [9.17, 15) is 4.79 Å². The summed E-state index contributed by atoms with van der Waals surface area (Å²) >= 11 is 0. The number of allylic oxidation sites excluding steroid dienone is 1. The number of hydrogen-bond acceptors (Lipinski definition) is 2. The van der Waals surface area contributed by atoms with E-state index in [4.69, 9.17) is 4.74 Å². The van der Waals surface area contributed by atoms with Gasteiger partial charge in [-0.3, -0.25) is 4.79 Å².